The van der Waals surface area contributed by atoms with Gasteiger partial charge < -0.3 is 10.1 Å². The first-order chi connectivity index (χ1) is 12.5. The molecule has 3 rings (SSSR count). The van der Waals surface area contributed by atoms with E-state index in [1.54, 1.807) is 0 Å². The van der Waals surface area contributed by atoms with E-state index in [1.807, 2.05) is 42.5 Å². The molecule has 0 aliphatic carbocycles. The predicted molar refractivity (Wildman–Crippen MR) is 110 cm³/mol. The zero-order chi connectivity index (χ0) is 18.5. The normalized spacial score (nSPS) is 10.6. The summed E-state index contributed by atoms with van der Waals surface area (Å²) in [6, 6.07) is 19.7. The van der Waals surface area contributed by atoms with Gasteiger partial charge in [-0.05, 0) is 54.8 Å². The van der Waals surface area contributed by atoms with Gasteiger partial charge in [-0.3, -0.25) is 0 Å². The van der Waals surface area contributed by atoms with Crippen LogP contribution >= 0.6 is 23.2 Å². The first kappa shape index (κ1) is 18.6. The fraction of sp³-hybridized carbons (Fsp3) is 0.182. The van der Waals surface area contributed by atoms with Gasteiger partial charge in [0.15, 0.2) is 0 Å². The molecule has 1 N–H and O–H groups in total. The lowest BCUT2D eigenvalue weighted by molar-refractivity contribution is 0.306. The van der Waals surface area contributed by atoms with E-state index >= 15 is 0 Å². The highest BCUT2D eigenvalue weighted by atomic mass is 35.5. The van der Waals surface area contributed by atoms with Crippen LogP contribution in [-0.2, 0) is 13.2 Å². The fourth-order valence-corrected chi connectivity index (χ4v) is 3.13. The molecule has 0 aliphatic rings. The molecule has 0 aromatic heterocycles. The van der Waals surface area contributed by atoms with Gasteiger partial charge in [-0.25, -0.2) is 0 Å². The minimum atomic E-state index is 0.388. The molecule has 0 atom stereocenters. The Morgan fingerprint density at radius 1 is 0.885 bits per heavy atom. The molecule has 0 heterocycles. The summed E-state index contributed by atoms with van der Waals surface area (Å²) in [5.41, 5.74) is 5.71. The number of halogens is 2. The largest absolute Gasteiger partial charge is 0.487 e. The number of aryl methyl sites for hydroxylation is 1. The summed E-state index contributed by atoms with van der Waals surface area (Å²) in [6.45, 7) is 5.33. The monoisotopic (exact) mass is 385 g/mol. The van der Waals surface area contributed by atoms with Crippen molar-refractivity contribution < 1.29 is 4.74 Å². The summed E-state index contributed by atoms with van der Waals surface area (Å²) in [7, 11) is 0. The summed E-state index contributed by atoms with van der Waals surface area (Å²) < 4.78 is 5.82. The Labute approximate surface area is 164 Å². The average Bonchev–Trinajstić information content (AvgIpc) is 2.63. The molecule has 4 heteroatoms. The first-order valence-electron chi connectivity index (χ1n) is 8.49. The average molecular weight is 386 g/mol. The van der Waals surface area contributed by atoms with Crippen LogP contribution in [0.4, 0.5) is 5.69 Å². The van der Waals surface area contributed by atoms with E-state index in [4.69, 9.17) is 27.9 Å². The second kappa shape index (κ2) is 8.48. The van der Waals surface area contributed by atoms with Gasteiger partial charge in [-0.15, -0.1) is 0 Å². The molecule has 26 heavy (non-hydrogen) atoms. The molecular formula is C22H21Cl2NO. The number of benzene rings is 3. The number of ether oxygens (including phenoxy) is 1. The Morgan fingerprint density at radius 3 is 2.46 bits per heavy atom. The van der Waals surface area contributed by atoms with Gasteiger partial charge in [-0.1, -0.05) is 59.6 Å². The van der Waals surface area contributed by atoms with Gasteiger partial charge in [-0.2, -0.15) is 0 Å². The molecule has 0 saturated carbocycles. The van der Waals surface area contributed by atoms with Crippen molar-refractivity contribution >= 4 is 28.9 Å². The summed E-state index contributed by atoms with van der Waals surface area (Å²) in [4.78, 5) is 0. The highest BCUT2D eigenvalue weighted by molar-refractivity contribution is 6.32. The van der Waals surface area contributed by atoms with Crippen LogP contribution in [0.15, 0.2) is 60.7 Å². The third-order valence-electron chi connectivity index (χ3n) is 4.42. The van der Waals surface area contributed by atoms with Crippen LogP contribution in [0.2, 0.25) is 10.0 Å². The first-order valence-corrected chi connectivity index (χ1v) is 9.25. The molecular weight excluding hydrogens is 365 g/mol. The van der Waals surface area contributed by atoms with Crippen LogP contribution in [0.3, 0.4) is 0 Å². The van der Waals surface area contributed by atoms with Crippen molar-refractivity contribution in [2.45, 2.75) is 27.0 Å². The van der Waals surface area contributed by atoms with E-state index in [2.05, 4.69) is 37.4 Å². The topological polar surface area (TPSA) is 21.3 Å². The van der Waals surface area contributed by atoms with E-state index in [0.717, 1.165) is 16.8 Å². The summed E-state index contributed by atoms with van der Waals surface area (Å²) in [5.74, 6) is 0.655. The molecule has 0 bridgehead atoms. The highest BCUT2D eigenvalue weighted by Gasteiger charge is 2.06. The van der Waals surface area contributed by atoms with E-state index in [9.17, 15) is 0 Å². The van der Waals surface area contributed by atoms with Crippen molar-refractivity contribution in [1.29, 1.82) is 0 Å². The van der Waals surface area contributed by atoms with Gasteiger partial charge in [0.25, 0.3) is 0 Å². The number of hydrogen-bond donors (Lipinski definition) is 1. The standard InChI is InChI=1S/C22H21Cl2NO/c1-15-6-5-9-21(16(15)2)25-13-17-10-11-22(20(24)12-17)26-14-18-7-3-4-8-19(18)23/h3-12,25H,13-14H2,1-2H3. The maximum atomic E-state index is 6.39. The molecule has 3 aromatic carbocycles. The maximum absolute atomic E-state index is 6.39. The SMILES string of the molecule is Cc1cccc(NCc2ccc(OCc3ccccc3Cl)c(Cl)c2)c1C. The minimum Gasteiger partial charge on any atom is -0.487 e. The Kier molecular flexibility index (Phi) is 6.08. The van der Waals surface area contributed by atoms with Gasteiger partial charge in [0.2, 0.25) is 0 Å². The van der Waals surface area contributed by atoms with E-state index in [-0.39, 0.29) is 0 Å². The molecule has 0 aliphatic heterocycles. The summed E-state index contributed by atoms with van der Waals surface area (Å²) in [5, 5.41) is 4.75. The second-order valence-electron chi connectivity index (χ2n) is 6.25. The Hall–Kier alpha value is -2.16. The summed E-state index contributed by atoms with van der Waals surface area (Å²) in [6.07, 6.45) is 0. The Bertz CT molecular complexity index is 908. The molecule has 134 valence electrons. The fourth-order valence-electron chi connectivity index (χ4n) is 2.68. The lowest BCUT2D eigenvalue weighted by atomic mass is 10.1. The van der Waals surface area contributed by atoms with Gasteiger partial charge in [0.05, 0.1) is 5.02 Å². The molecule has 0 spiro atoms. The van der Waals surface area contributed by atoms with E-state index in [0.29, 0.717) is 28.9 Å². The van der Waals surface area contributed by atoms with Crippen molar-refractivity contribution in [3.63, 3.8) is 0 Å². The molecule has 2 nitrogen and oxygen atoms in total. The third-order valence-corrected chi connectivity index (χ3v) is 5.09. The van der Waals surface area contributed by atoms with Crippen molar-refractivity contribution in [2.75, 3.05) is 5.32 Å². The molecule has 0 saturated heterocycles. The second-order valence-corrected chi connectivity index (χ2v) is 7.06. The third kappa shape index (κ3) is 4.51. The lowest BCUT2D eigenvalue weighted by Crippen LogP contribution is -2.02. The van der Waals surface area contributed by atoms with Crippen LogP contribution in [0, 0.1) is 13.8 Å². The van der Waals surface area contributed by atoms with Gasteiger partial charge >= 0.3 is 0 Å². The van der Waals surface area contributed by atoms with E-state index in [1.165, 1.54) is 11.1 Å². The van der Waals surface area contributed by atoms with Crippen LogP contribution in [0.5, 0.6) is 5.75 Å². The van der Waals surface area contributed by atoms with E-state index < -0.39 is 0 Å². The van der Waals surface area contributed by atoms with Crippen LogP contribution in [0.1, 0.15) is 22.3 Å². The van der Waals surface area contributed by atoms with Crippen molar-refractivity contribution in [3.05, 3.63) is 93.0 Å². The van der Waals surface area contributed by atoms with Crippen molar-refractivity contribution in [3.8, 4) is 5.75 Å². The molecule has 3 aromatic rings. The Morgan fingerprint density at radius 2 is 1.69 bits per heavy atom. The predicted octanol–water partition coefficient (Wildman–Crippen LogP) is 6.80. The zero-order valence-corrected chi connectivity index (χ0v) is 16.4. The maximum Gasteiger partial charge on any atom is 0.138 e. The minimum absolute atomic E-state index is 0.388. The number of nitrogens with one attached hydrogen (secondary N) is 1. The van der Waals surface area contributed by atoms with Gasteiger partial charge in [0, 0.05) is 22.8 Å². The van der Waals surface area contributed by atoms with Crippen molar-refractivity contribution in [2.24, 2.45) is 0 Å². The van der Waals surface area contributed by atoms with Crippen LogP contribution in [0.25, 0.3) is 0 Å². The highest BCUT2D eigenvalue weighted by Crippen LogP contribution is 2.28. The lowest BCUT2D eigenvalue weighted by Gasteiger charge is -2.13. The molecule has 0 fully saturated rings. The number of hydrogen-bond acceptors (Lipinski definition) is 2. The van der Waals surface area contributed by atoms with Gasteiger partial charge in [0.1, 0.15) is 12.4 Å². The quantitative estimate of drug-likeness (QED) is 0.503. The smallest absolute Gasteiger partial charge is 0.138 e. The van der Waals surface area contributed by atoms with Crippen LogP contribution < -0.4 is 10.1 Å². The summed E-state index contributed by atoms with van der Waals surface area (Å²) >= 11 is 12.5. The van der Waals surface area contributed by atoms with Crippen LogP contribution in [-0.4, -0.2) is 0 Å². The molecule has 0 unspecified atom stereocenters. The Balaban J connectivity index is 1.64. The number of anilines is 1. The molecule has 0 amide bonds. The number of rotatable bonds is 6. The molecule has 0 radical (unpaired) electrons. The van der Waals surface area contributed by atoms with Crippen molar-refractivity contribution in [1.82, 2.24) is 0 Å². The zero-order valence-electron chi connectivity index (χ0n) is 14.9.